The zero-order valence-corrected chi connectivity index (χ0v) is 28.1. The molecule has 5 rings (SSSR count). The van der Waals surface area contributed by atoms with Gasteiger partial charge in [-0.05, 0) is 81.9 Å². The SMILES string of the molecule is OCc1cc(C(c2ccc(C(c3cc(CO)c(O)c(CO)c3)c3cc(CO)c(O)c(CO)c3)cc2)c2cc(CO)c(O)c(CO)c2)cc(CO)c1O. The fraction of sp³-hybridized carbons (Fsp3) is 0.250. The Morgan fingerprint density at radius 3 is 0.558 bits per heavy atom. The van der Waals surface area contributed by atoms with Gasteiger partial charge >= 0.3 is 0 Å². The second kappa shape index (κ2) is 16.5. The summed E-state index contributed by atoms with van der Waals surface area (Å²) in [7, 11) is 0. The van der Waals surface area contributed by atoms with Gasteiger partial charge in [-0.1, -0.05) is 24.3 Å². The predicted molar refractivity (Wildman–Crippen MR) is 188 cm³/mol. The van der Waals surface area contributed by atoms with Gasteiger partial charge in [0, 0.05) is 56.3 Å². The van der Waals surface area contributed by atoms with Crippen molar-refractivity contribution in [1.82, 2.24) is 0 Å². The maximum absolute atomic E-state index is 10.6. The molecule has 52 heavy (non-hydrogen) atoms. The van der Waals surface area contributed by atoms with Crippen molar-refractivity contribution in [3.8, 4) is 23.0 Å². The van der Waals surface area contributed by atoms with E-state index in [9.17, 15) is 61.3 Å². The van der Waals surface area contributed by atoms with Gasteiger partial charge in [0.1, 0.15) is 23.0 Å². The van der Waals surface area contributed by atoms with Gasteiger partial charge < -0.3 is 61.3 Å². The molecule has 0 saturated carbocycles. The van der Waals surface area contributed by atoms with Crippen molar-refractivity contribution in [2.75, 3.05) is 0 Å². The fourth-order valence-electron chi connectivity index (χ4n) is 6.81. The Morgan fingerprint density at radius 2 is 0.423 bits per heavy atom. The molecule has 12 N–H and O–H groups in total. The number of aromatic hydroxyl groups is 4. The van der Waals surface area contributed by atoms with Crippen LogP contribution in [0.1, 0.15) is 89.7 Å². The fourth-order valence-corrected chi connectivity index (χ4v) is 6.81. The molecule has 0 aliphatic heterocycles. The number of aliphatic hydroxyl groups excluding tert-OH is 8. The van der Waals surface area contributed by atoms with Crippen LogP contribution < -0.4 is 0 Å². The van der Waals surface area contributed by atoms with E-state index in [0.717, 1.165) is 0 Å². The third kappa shape index (κ3) is 7.33. The van der Waals surface area contributed by atoms with E-state index >= 15 is 0 Å². The molecule has 0 aromatic heterocycles. The number of phenols is 4. The molecule has 0 unspecified atom stereocenters. The van der Waals surface area contributed by atoms with Gasteiger partial charge in [-0.25, -0.2) is 0 Å². The molecule has 0 amide bonds. The van der Waals surface area contributed by atoms with Gasteiger partial charge in [0.15, 0.2) is 0 Å². The summed E-state index contributed by atoms with van der Waals surface area (Å²) in [6.45, 7) is -4.25. The quantitative estimate of drug-likeness (QED) is 0.0744. The Morgan fingerprint density at radius 1 is 0.269 bits per heavy atom. The summed E-state index contributed by atoms with van der Waals surface area (Å²) in [5.74, 6) is -2.43. The van der Waals surface area contributed by atoms with Crippen molar-refractivity contribution in [2.24, 2.45) is 0 Å². The molecule has 0 radical (unpaired) electrons. The van der Waals surface area contributed by atoms with Crippen LogP contribution in [0, 0.1) is 0 Å². The Labute approximate surface area is 299 Å². The molecule has 12 heteroatoms. The highest BCUT2D eigenvalue weighted by Crippen LogP contribution is 2.42. The molecular weight excluding hydrogens is 672 g/mol. The molecule has 0 bridgehead atoms. The van der Waals surface area contributed by atoms with Crippen LogP contribution in [0.5, 0.6) is 23.0 Å². The van der Waals surface area contributed by atoms with E-state index in [1.54, 1.807) is 72.8 Å². The molecule has 0 heterocycles. The molecule has 12 nitrogen and oxygen atoms in total. The van der Waals surface area contributed by atoms with Crippen molar-refractivity contribution < 1.29 is 61.3 Å². The maximum Gasteiger partial charge on any atom is 0.126 e. The summed E-state index contributed by atoms with van der Waals surface area (Å²) >= 11 is 0. The van der Waals surface area contributed by atoms with Gasteiger partial charge in [0.05, 0.1) is 52.9 Å². The minimum Gasteiger partial charge on any atom is -0.507 e. The first-order chi connectivity index (χ1) is 25.1. The predicted octanol–water partition coefficient (Wildman–Crippen LogP) is 2.81. The molecule has 0 spiro atoms. The summed E-state index contributed by atoms with van der Waals surface area (Å²) in [6.07, 6.45) is 0. The summed E-state index contributed by atoms with van der Waals surface area (Å²) in [4.78, 5) is 0. The Bertz CT molecular complexity index is 1670. The monoisotopic (exact) mass is 714 g/mol. The second-order valence-electron chi connectivity index (χ2n) is 12.5. The van der Waals surface area contributed by atoms with Gasteiger partial charge in [-0.3, -0.25) is 0 Å². The van der Waals surface area contributed by atoms with Crippen LogP contribution in [0.3, 0.4) is 0 Å². The highest BCUT2D eigenvalue weighted by molar-refractivity contribution is 5.57. The van der Waals surface area contributed by atoms with Crippen LogP contribution in [-0.4, -0.2) is 61.3 Å². The highest BCUT2D eigenvalue weighted by Gasteiger charge is 2.26. The maximum atomic E-state index is 10.6. The standard InChI is InChI=1S/C40H42O12/c41-13-27-5-23(6-28(14-42)37(27)49)35(24-7-29(15-43)38(50)30(8-24)16-44)21-1-2-22(4-3-21)36(25-9-31(17-45)39(51)32(10-25)18-46)26-11-33(19-47)40(52)34(12-26)20-48/h1-12,35-36,41-52H,13-20H2. The smallest absolute Gasteiger partial charge is 0.126 e. The van der Waals surface area contributed by atoms with Crippen LogP contribution in [0.25, 0.3) is 0 Å². The lowest BCUT2D eigenvalue weighted by Gasteiger charge is -2.25. The molecule has 0 saturated heterocycles. The Kier molecular flexibility index (Phi) is 12.2. The molecule has 0 atom stereocenters. The zero-order valence-electron chi connectivity index (χ0n) is 28.1. The topological polar surface area (TPSA) is 243 Å². The Hall–Kier alpha value is -5.02. The van der Waals surface area contributed by atoms with Gasteiger partial charge in [-0.15, -0.1) is 0 Å². The molecule has 0 aliphatic rings. The van der Waals surface area contributed by atoms with Crippen molar-refractivity contribution in [3.63, 3.8) is 0 Å². The molecule has 274 valence electrons. The third-order valence-corrected chi connectivity index (χ3v) is 9.46. The van der Waals surface area contributed by atoms with Gasteiger partial charge in [0.2, 0.25) is 0 Å². The second-order valence-corrected chi connectivity index (χ2v) is 12.5. The first-order valence-corrected chi connectivity index (χ1v) is 16.4. The van der Waals surface area contributed by atoms with Crippen molar-refractivity contribution in [3.05, 3.63) is 151 Å². The average Bonchev–Trinajstić information content (AvgIpc) is 3.17. The van der Waals surface area contributed by atoms with E-state index in [4.69, 9.17) is 0 Å². The lowest BCUT2D eigenvalue weighted by molar-refractivity contribution is 0.262. The summed E-state index contributed by atoms with van der Waals surface area (Å²) < 4.78 is 0. The minimum absolute atomic E-state index is 0.158. The van der Waals surface area contributed by atoms with E-state index in [1.165, 1.54) is 0 Å². The molecular formula is C40H42O12. The van der Waals surface area contributed by atoms with E-state index in [1.807, 2.05) is 0 Å². The van der Waals surface area contributed by atoms with Crippen molar-refractivity contribution in [1.29, 1.82) is 0 Å². The van der Waals surface area contributed by atoms with Crippen LogP contribution >= 0.6 is 0 Å². The van der Waals surface area contributed by atoms with Crippen LogP contribution in [0.15, 0.2) is 72.8 Å². The number of aliphatic hydroxyl groups is 8. The lowest BCUT2D eigenvalue weighted by Crippen LogP contribution is -2.10. The van der Waals surface area contributed by atoms with E-state index in [0.29, 0.717) is 33.4 Å². The molecule has 0 aliphatic carbocycles. The number of rotatable bonds is 14. The number of benzene rings is 5. The molecule has 5 aromatic rings. The first kappa shape index (κ1) is 38.2. The third-order valence-electron chi connectivity index (χ3n) is 9.46. The molecule has 5 aromatic carbocycles. The van der Waals surface area contributed by atoms with Crippen molar-refractivity contribution in [2.45, 2.75) is 64.7 Å². The van der Waals surface area contributed by atoms with E-state index in [-0.39, 0.29) is 67.5 Å². The largest absolute Gasteiger partial charge is 0.507 e. The van der Waals surface area contributed by atoms with Crippen LogP contribution in [0.2, 0.25) is 0 Å². The van der Waals surface area contributed by atoms with Crippen LogP contribution in [0.4, 0.5) is 0 Å². The lowest BCUT2D eigenvalue weighted by atomic mass is 9.79. The number of hydrogen-bond acceptors (Lipinski definition) is 12. The average molecular weight is 715 g/mol. The number of hydrogen-bond donors (Lipinski definition) is 12. The summed E-state index contributed by atoms with van der Waals surface area (Å²) in [5.41, 5.74) is 4.69. The summed E-state index contributed by atoms with van der Waals surface area (Å²) in [6, 6.07) is 19.8. The van der Waals surface area contributed by atoms with Crippen molar-refractivity contribution >= 4 is 0 Å². The first-order valence-electron chi connectivity index (χ1n) is 16.4. The van der Waals surface area contributed by atoms with E-state index in [2.05, 4.69) is 0 Å². The highest BCUT2D eigenvalue weighted by atomic mass is 16.3. The minimum atomic E-state index is -0.689. The van der Waals surface area contributed by atoms with E-state index < -0.39 is 64.7 Å². The summed E-state index contributed by atoms with van der Waals surface area (Å²) in [5, 5.41) is 123. The van der Waals surface area contributed by atoms with Gasteiger partial charge in [-0.2, -0.15) is 0 Å². The zero-order chi connectivity index (χ0) is 37.7. The van der Waals surface area contributed by atoms with Gasteiger partial charge in [0.25, 0.3) is 0 Å². The normalized spacial score (nSPS) is 11.6. The molecule has 0 fully saturated rings. The Balaban J connectivity index is 1.77. The van der Waals surface area contributed by atoms with Crippen LogP contribution in [-0.2, 0) is 52.9 Å².